The number of amides is 1. The summed E-state index contributed by atoms with van der Waals surface area (Å²) in [4.78, 5) is 12.3. The summed E-state index contributed by atoms with van der Waals surface area (Å²) in [5, 5.41) is 6.73. The van der Waals surface area contributed by atoms with Crippen molar-refractivity contribution < 1.29 is 4.79 Å². The number of nitrogens with one attached hydrogen (secondary N) is 1. The third-order valence-corrected chi connectivity index (χ3v) is 2.68. The molecule has 0 spiro atoms. The van der Waals surface area contributed by atoms with E-state index in [4.69, 9.17) is 5.73 Å². The predicted molar refractivity (Wildman–Crippen MR) is 59.9 cm³/mol. The number of hydrogen-bond donors (Lipinski definition) is 2. The van der Waals surface area contributed by atoms with E-state index in [9.17, 15) is 4.79 Å². The van der Waals surface area contributed by atoms with Gasteiger partial charge < -0.3 is 11.1 Å². The first-order valence-corrected chi connectivity index (χ1v) is 5.86. The highest BCUT2D eigenvalue weighted by Gasteiger charge is 2.14. The number of rotatable bonds is 6. The molecule has 0 atom stereocenters. The molecule has 0 fully saturated rings. The fourth-order valence-corrected chi connectivity index (χ4v) is 1.79. The molecule has 0 radical (unpaired) electrons. The maximum atomic E-state index is 11.7. The van der Waals surface area contributed by atoms with E-state index in [-0.39, 0.29) is 5.91 Å². The van der Waals surface area contributed by atoms with Crippen molar-refractivity contribution in [1.29, 1.82) is 0 Å². The SMILES string of the molecule is CCCc1nnsc1C(=O)NCCCN. The molecule has 0 saturated carbocycles. The maximum absolute atomic E-state index is 11.7. The minimum Gasteiger partial charge on any atom is -0.351 e. The first-order valence-electron chi connectivity index (χ1n) is 5.09. The van der Waals surface area contributed by atoms with Gasteiger partial charge in [0, 0.05) is 6.54 Å². The van der Waals surface area contributed by atoms with Crippen LogP contribution in [0.5, 0.6) is 0 Å². The molecule has 0 aromatic carbocycles. The molecule has 0 unspecified atom stereocenters. The van der Waals surface area contributed by atoms with E-state index in [0.717, 1.165) is 36.5 Å². The Balaban J connectivity index is 2.53. The number of aromatic nitrogens is 2. The average molecular weight is 228 g/mol. The first-order chi connectivity index (χ1) is 7.29. The fraction of sp³-hybridized carbons (Fsp3) is 0.667. The van der Waals surface area contributed by atoms with Crippen LogP contribution in [0.3, 0.4) is 0 Å². The van der Waals surface area contributed by atoms with Crippen LogP contribution in [0.15, 0.2) is 0 Å². The number of carbonyl (C=O) groups excluding carboxylic acids is 1. The zero-order chi connectivity index (χ0) is 11.1. The third-order valence-electron chi connectivity index (χ3n) is 1.92. The maximum Gasteiger partial charge on any atom is 0.264 e. The lowest BCUT2D eigenvalue weighted by molar-refractivity contribution is 0.0956. The summed E-state index contributed by atoms with van der Waals surface area (Å²) in [6.45, 7) is 3.25. The summed E-state index contributed by atoms with van der Waals surface area (Å²) >= 11 is 1.15. The zero-order valence-electron chi connectivity index (χ0n) is 8.82. The van der Waals surface area contributed by atoms with Crippen LogP contribution >= 0.6 is 11.5 Å². The van der Waals surface area contributed by atoms with Crippen LogP contribution in [0.2, 0.25) is 0 Å². The highest BCUT2D eigenvalue weighted by molar-refractivity contribution is 7.08. The average Bonchev–Trinajstić information content (AvgIpc) is 2.67. The van der Waals surface area contributed by atoms with Crippen LogP contribution in [0, 0.1) is 0 Å². The van der Waals surface area contributed by atoms with Crippen molar-refractivity contribution in [3.8, 4) is 0 Å². The van der Waals surface area contributed by atoms with E-state index in [1.807, 2.05) is 0 Å². The highest BCUT2D eigenvalue weighted by atomic mass is 32.1. The zero-order valence-corrected chi connectivity index (χ0v) is 9.64. The molecule has 1 aromatic heterocycles. The van der Waals surface area contributed by atoms with E-state index >= 15 is 0 Å². The Morgan fingerprint density at radius 2 is 2.40 bits per heavy atom. The molecule has 1 heterocycles. The monoisotopic (exact) mass is 228 g/mol. The van der Waals surface area contributed by atoms with Gasteiger partial charge in [0.15, 0.2) is 0 Å². The minimum absolute atomic E-state index is 0.0816. The number of carbonyl (C=O) groups is 1. The summed E-state index contributed by atoms with van der Waals surface area (Å²) in [7, 11) is 0. The smallest absolute Gasteiger partial charge is 0.264 e. The van der Waals surface area contributed by atoms with Gasteiger partial charge >= 0.3 is 0 Å². The Morgan fingerprint density at radius 3 is 3.07 bits per heavy atom. The van der Waals surface area contributed by atoms with Crippen molar-refractivity contribution in [1.82, 2.24) is 14.9 Å². The molecule has 0 aliphatic carbocycles. The Bertz CT molecular complexity index is 313. The standard InChI is InChI=1S/C9H16N4OS/c1-2-4-7-8(15-13-12-7)9(14)11-6-3-5-10/h2-6,10H2,1H3,(H,11,14). The van der Waals surface area contributed by atoms with Crippen molar-refractivity contribution in [2.24, 2.45) is 5.73 Å². The van der Waals surface area contributed by atoms with Crippen LogP contribution in [0.25, 0.3) is 0 Å². The molecule has 15 heavy (non-hydrogen) atoms. The Labute approximate surface area is 93.2 Å². The van der Waals surface area contributed by atoms with Crippen LogP contribution < -0.4 is 11.1 Å². The molecule has 1 aromatic rings. The lowest BCUT2D eigenvalue weighted by Gasteiger charge is -2.02. The number of aryl methyl sites for hydroxylation is 1. The van der Waals surface area contributed by atoms with Crippen molar-refractivity contribution in [3.63, 3.8) is 0 Å². The van der Waals surface area contributed by atoms with Gasteiger partial charge in [-0.2, -0.15) is 0 Å². The summed E-state index contributed by atoms with van der Waals surface area (Å²) in [5.74, 6) is -0.0816. The molecular formula is C9H16N4OS. The molecule has 6 heteroatoms. The molecule has 3 N–H and O–H groups in total. The summed E-state index contributed by atoms with van der Waals surface area (Å²) in [6.07, 6.45) is 2.56. The fourth-order valence-electron chi connectivity index (χ4n) is 1.17. The molecule has 5 nitrogen and oxygen atoms in total. The Morgan fingerprint density at radius 1 is 1.60 bits per heavy atom. The Kier molecular flexibility index (Phi) is 5.20. The predicted octanol–water partition coefficient (Wildman–Crippen LogP) is 0.569. The molecule has 1 amide bonds. The van der Waals surface area contributed by atoms with E-state index in [1.165, 1.54) is 0 Å². The van der Waals surface area contributed by atoms with Gasteiger partial charge in [0.1, 0.15) is 4.88 Å². The second-order valence-corrected chi connectivity index (χ2v) is 3.95. The van der Waals surface area contributed by atoms with E-state index < -0.39 is 0 Å². The van der Waals surface area contributed by atoms with Gasteiger partial charge in [-0.1, -0.05) is 17.8 Å². The molecular weight excluding hydrogens is 212 g/mol. The molecule has 0 aliphatic heterocycles. The molecule has 0 bridgehead atoms. The molecule has 84 valence electrons. The lowest BCUT2D eigenvalue weighted by Crippen LogP contribution is -2.26. The topological polar surface area (TPSA) is 80.9 Å². The van der Waals surface area contributed by atoms with Gasteiger partial charge in [-0.25, -0.2) is 0 Å². The lowest BCUT2D eigenvalue weighted by atomic mass is 10.2. The second kappa shape index (κ2) is 6.47. The highest BCUT2D eigenvalue weighted by Crippen LogP contribution is 2.11. The van der Waals surface area contributed by atoms with Gasteiger partial charge in [0.05, 0.1) is 5.69 Å². The van der Waals surface area contributed by atoms with Gasteiger partial charge in [-0.15, -0.1) is 5.10 Å². The van der Waals surface area contributed by atoms with Crippen molar-refractivity contribution in [2.45, 2.75) is 26.2 Å². The van der Waals surface area contributed by atoms with Crippen LogP contribution in [0.4, 0.5) is 0 Å². The van der Waals surface area contributed by atoms with Crippen LogP contribution in [-0.4, -0.2) is 28.6 Å². The molecule has 0 aliphatic rings. The van der Waals surface area contributed by atoms with E-state index in [2.05, 4.69) is 21.8 Å². The molecule has 0 saturated heterocycles. The van der Waals surface area contributed by atoms with Crippen molar-refractivity contribution in [3.05, 3.63) is 10.6 Å². The van der Waals surface area contributed by atoms with Crippen molar-refractivity contribution >= 4 is 17.4 Å². The van der Waals surface area contributed by atoms with Gasteiger partial charge in [0.2, 0.25) is 0 Å². The van der Waals surface area contributed by atoms with E-state index in [1.54, 1.807) is 0 Å². The van der Waals surface area contributed by atoms with Crippen molar-refractivity contribution in [2.75, 3.05) is 13.1 Å². The largest absolute Gasteiger partial charge is 0.351 e. The third kappa shape index (κ3) is 3.56. The second-order valence-electron chi connectivity index (χ2n) is 3.20. The number of nitrogens with zero attached hydrogens (tertiary/aromatic N) is 2. The van der Waals surface area contributed by atoms with Gasteiger partial charge in [-0.05, 0) is 30.9 Å². The van der Waals surface area contributed by atoms with Gasteiger partial charge in [-0.3, -0.25) is 4.79 Å². The van der Waals surface area contributed by atoms with Crippen LogP contribution in [-0.2, 0) is 6.42 Å². The summed E-state index contributed by atoms with van der Waals surface area (Å²) < 4.78 is 3.80. The first kappa shape index (κ1) is 12.1. The molecule has 1 rings (SSSR count). The van der Waals surface area contributed by atoms with Crippen LogP contribution in [0.1, 0.15) is 35.1 Å². The number of hydrogen-bond acceptors (Lipinski definition) is 5. The summed E-state index contributed by atoms with van der Waals surface area (Å²) in [6, 6.07) is 0. The minimum atomic E-state index is -0.0816. The number of nitrogens with two attached hydrogens (primary N) is 1. The quantitative estimate of drug-likeness (QED) is 0.697. The van der Waals surface area contributed by atoms with E-state index in [0.29, 0.717) is 18.0 Å². The van der Waals surface area contributed by atoms with Gasteiger partial charge in [0.25, 0.3) is 5.91 Å². The summed E-state index contributed by atoms with van der Waals surface area (Å²) in [5.41, 5.74) is 6.14. The Hall–Kier alpha value is -1.01. The normalized spacial score (nSPS) is 10.3.